The highest BCUT2D eigenvalue weighted by atomic mass is 16.1. The standard InChI is InChI=1S/C10H18N4O/c1-8(6-11)14(7-10(12)15)9-2-4-13-5-3-9/h8-9,13H,2-5,7H2,1H3,(H2,12,15). The largest absolute Gasteiger partial charge is 0.369 e. The Hall–Kier alpha value is -1.12. The van der Waals surface area contributed by atoms with Crippen LogP contribution < -0.4 is 11.1 Å². The zero-order valence-electron chi connectivity index (χ0n) is 9.07. The van der Waals surface area contributed by atoms with E-state index in [2.05, 4.69) is 11.4 Å². The number of hydrogen-bond donors (Lipinski definition) is 2. The van der Waals surface area contributed by atoms with E-state index < -0.39 is 0 Å². The first-order valence-corrected chi connectivity index (χ1v) is 5.29. The zero-order chi connectivity index (χ0) is 11.3. The van der Waals surface area contributed by atoms with Crippen LogP contribution in [-0.2, 0) is 4.79 Å². The summed E-state index contributed by atoms with van der Waals surface area (Å²) in [5.41, 5.74) is 5.19. The Kier molecular flexibility index (Phi) is 4.53. The number of primary amides is 1. The highest BCUT2D eigenvalue weighted by molar-refractivity contribution is 5.76. The van der Waals surface area contributed by atoms with Crippen LogP contribution in [0.25, 0.3) is 0 Å². The summed E-state index contributed by atoms with van der Waals surface area (Å²) in [6, 6.07) is 2.22. The van der Waals surface area contributed by atoms with Crippen molar-refractivity contribution in [3.8, 4) is 6.07 Å². The van der Waals surface area contributed by atoms with E-state index in [9.17, 15) is 4.79 Å². The van der Waals surface area contributed by atoms with E-state index in [0.29, 0.717) is 6.04 Å². The number of nitrogens with one attached hydrogen (secondary N) is 1. The lowest BCUT2D eigenvalue weighted by Gasteiger charge is -2.35. The first kappa shape index (κ1) is 12.0. The second kappa shape index (κ2) is 5.69. The Morgan fingerprint density at radius 3 is 2.73 bits per heavy atom. The van der Waals surface area contributed by atoms with Gasteiger partial charge in [0, 0.05) is 6.04 Å². The quantitative estimate of drug-likeness (QED) is 0.651. The molecule has 1 aliphatic heterocycles. The van der Waals surface area contributed by atoms with Gasteiger partial charge in [-0.3, -0.25) is 9.69 Å². The lowest BCUT2D eigenvalue weighted by Crippen LogP contribution is -2.49. The molecule has 1 saturated heterocycles. The van der Waals surface area contributed by atoms with Crippen LogP contribution in [0.2, 0.25) is 0 Å². The summed E-state index contributed by atoms with van der Waals surface area (Å²) in [4.78, 5) is 12.8. The van der Waals surface area contributed by atoms with Crippen molar-refractivity contribution in [3.63, 3.8) is 0 Å². The number of carbonyl (C=O) groups is 1. The van der Waals surface area contributed by atoms with Crippen LogP contribution in [0.15, 0.2) is 0 Å². The lowest BCUT2D eigenvalue weighted by molar-refractivity contribution is -0.120. The van der Waals surface area contributed by atoms with Gasteiger partial charge in [-0.1, -0.05) is 0 Å². The van der Waals surface area contributed by atoms with Crippen LogP contribution in [0.1, 0.15) is 19.8 Å². The number of amides is 1. The third-order valence-corrected chi connectivity index (χ3v) is 2.80. The smallest absolute Gasteiger partial charge is 0.231 e. The Morgan fingerprint density at radius 1 is 1.67 bits per heavy atom. The molecule has 0 aromatic rings. The first-order chi connectivity index (χ1) is 7.15. The van der Waals surface area contributed by atoms with E-state index in [1.54, 1.807) is 0 Å². The molecule has 1 rings (SSSR count). The average Bonchev–Trinajstić information content (AvgIpc) is 2.26. The predicted octanol–water partition coefficient (Wildman–Crippen LogP) is -0.562. The monoisotopic (exact) mass is 210 g/mol. The second-order valence-electron chi connectivity index (χ2n) is 3.92. The summed E-state index contributed by atoms with van der Waals surface area (Å²) in [5.74, 6) is -0.365. The number of nitrogens with two attached hydrogens (primary N) is 1. The molecule has 3 N–H and O–H groups in total. The molecule has 1 fully saturated rings. The van der Waals surface area contributed by atoms with Crippen molar-refractivity contribution in [2.75, 3.05) is 19.6 Å². The molecule has 5 heteroatoms. The molecular weight excluding hydrogens is 192 g/mol. The molecule has 0 spiro atoms. The van der Waals surface area contributed by atoms with Crippen molar-refractivity contribution >= 4 is 5.91 Å². The Morgan fingerprint density at radius 2 is 2.27 bits per heavy atom. The van der Waals surface area contributed by atoms with Gasteiger partial charge in [-0.05, 0) is 32.9 Å². The third kappa shape index (κ3) is 3.50. The normalized spacial score (nSPS) is 19.8. The van der Waals surface area contributed by atoms with Crippen LogP contribution in [0.3, 0.4) is 0 Å². The Balaban J connectivity index is 2.61. The summed E-state index contributed by atoms with van der Waals surface area (Å²) in [7, 11) is 0. The number of nitriles is 1. The van der Waals surface area contributed by atoms with E-state index >= 15 is 0 Å². The molecule has 0 aromatic heterocycles. The van der Waals surface area contributed by atoms with Crippen LogP contribution in [-0.4, -0.2) is 42.5 Å². The number of carbonyl (C=O) groups excluding carboxylic acids is 1. The minimum absolute atomic E-state index is 0.180. The summed E-state index contributed by atoms with van der Waals surface area (Å²) in [6.07, 6.45) is 1.94. The van der Waals surface area contributed by atoms with Crippen molar-refractivity contribution in [2.45, 2.75) is 31.8 Å². The number of hydrogen-bond acceptors (Lipinski definition) is 4. The van der Waals surface area contributed by atoms with Gasteiger partial charge in [-0.15, -0.1) is 0 Å². The molecule has 15 heavy (non-hydrogen) atoms. The minimum Gasteiger partial charge on any atom is -0.369 e. The summed E-state index contributed by atoms with van der Waals surface area (Å²) >= 11 is 0. The lowest BCUT2D eigenvalue weighted by atomic mass is 10.0. The maximum Gasteiger partial charge on any atom is 0.231 e. The zero-order valence-corrected chi connectivity index (χ0v) is 9.07. The molecule has 0 aromatic carbocycles. The molecule has 1 unspecified atom stereocenters. The topological polar surface area (TPSA) is 82.2 Å². The fourth-order valence-electron chi connectivity index (χ4n) is 1.97. The van der Waals surface area contributed by atoms with Crippen molar-refractivity contribution in [3.05, 3.63) is 0 Å². The minimum atomic E-state index is -0.365. The second-order valence-corrected chi connectivity index (χ2v) is 3.92. The van der Waals surface area contributed by atoms with Gasteiger partial charge in [0.25, 0.3) is 0 Å². The molecule has 0 aliphatic carbocycles. The fraction of sp³-hybridized carbons (Fsp3) is 0.800. The van der Waals surface area contributed by atoms with Gasteiger partial charge in [-0.25, -0.2) is 0 Å². The molecule has 84 valence electrons. The molecule has 0 radical (unpaired) electrons. The van der Waals surface area contributed by atoms with Gasteiger partial charge in [0.2, 0.25) is 5.91 Å². The number of piperidine rings is 1. The fourth-order valence-corrected chi connectivity index (χ4v) is 1.97. The van der Waals surface area contributed by atoms with Gasteiger partial charge in [0.15, 0.2) is 0 Å². The third-order valence-electron chi connectivity index (χ3n) is 2.80. The van der Waals surface area contributed by atoms with Crippen LogP contribution in [0.4, 0.5) is 0 Å². The molecule has 0 bridgehead atoms. The molecular formula is C10H18N4O. The molecule has 0 saturated carbocycles. The van der Waals surface area contributed by atoms with Crippen LogP contribution >= 0.6 is 0 Å². The van der Waals surface area contributed by atoms with Crippen molar-refractivity contribution in [1.82, 2.24) is 10.2 Å². The molecule has 1 aliphatic rings. The van der Waals surface area contributed by atoms with Crippen molar-refractivity contribution < 1.29 is 4.79 Å². The average molecular weight is 210 g/mol. The summed E-state index contributed by atoms with van der Waals surface area (Å²) in [5, 5.41) is 12.1. The highest BCUT2D eigenvalue weighted by Gasteiger charge is 2.26. The highest BCUT2D eigenvalue weighted by Crippen LogP contribution is 2.14. The number of nitrogens with zero attached hydrogens (tertiary/aromatic N) is 2. The van der Waals surface area contributed by atoms with Gasteiger partial charge in [0.05, 0.1) is 18.7 Å². The molecule has 1 amide bonds. The van der Waals surface area contributed by atoms with Crippen LogP contribution in [0, 0.1) is 11.3 Å². The van der Waals surface area contributed by atoms with Gasteiger partial charge in [-0.2, -0.15) is 5.26 Å². The van der Waals surface area contributed by atoms with E-state index in [1.165, 1.54) is 0 Å². The summed E-state index contributed by atoms with van der Waals surface area (Å²) < 4.78 is 0. The van der Waals surface area contributed by atoms with Gasteiger partial charge in [0.1, 0.15) is 0 Å². The summed E-state index contributed by atoms with van der Waals surface area (Å²) in [6.45, 7) is 3.88. The van der Waals surface area contributed by atoms with E-state index in [0.717, 1.165) is 25.9 Å². The van der Waals surface area contributed by atoms with Crippen molar-refractivity contribution in [2.24, 2.45) is 5.73 Å². The van der Waals surface area contributed by atoms with Crippen LogP contribution in [0.5, 0.6) is 0 Å². The SMILES string of the molecule is CC(C#N)N(CC(N)=O)C1CCNCC1. The molecule has 1 atom stereocenters. The van der Waals surface area contributed by atoms with Crippen molar-refractivity contribution in [1.29, 1.82) is 5.26 Å². The number of rotatable bonds is 4. The maximum atomic E-state index is 10.9. The first-order valence-electron chi connectivity index (χ1n) is 5.29. The van der Waals surface area contributed by atoms with Gasteiger partial charge >= 0.3 is 0 Å². The van der Waals surface area contributed by atoms with E-state index in [-0.39, 0.29) is 18.5 Å². The van der Waals surface area contributed by atoms with Gasteiger partial charge < -0.3 is 11.1 Å². The Bertz CT molecular complexity index is 255. The predicted molar refractivity (Wildman–Crippen MR) is 56.9 cm³/mol. The molecule has 5 nitrogen and oxygen atoms in total. The molecule has 1 heterocycles. The maximum absolute atomic E-state index is 10.9. The Labute approximate surface area is 90.2 Å². The van der Waals surface area contributed by atoms with E-state index in [1.807, 2.05) is 11.8 Å². The van der Waals surface area contributed by atoms with E-state index in [4.69, 9.17) is 11.0 Å².